The van der Waals surface area contributed by atoms with E-state index in [0.717, 1.165) is 0 Å². The molecule has 19 nitrogen and oxygen atoms in total. The Balaban J connectivity index is 1.43. The Bertz CT molecular complexity index is 2060. The van der Waals surface area contributed by atoms with Crippen LogP contribution in [0.2, 0.25) is 0 Å². The minimum Gasteiger partial charge on any atom is -0.458 e. The topological polar surface area (TPSA) is 235 Å². The largest absolute Gasteiger partial charge is 0.458 e. The Hall–Kier alpha value is -4.18. The normalized spacial score (nSPS) is 38.6. The van der Waals surface area contributed by atoms with Crippen LogP contribution in [0.5, 0.6) is 0 Å². The molecule has 2 bridgehead atoms. The van der Waals surface area contributed by atoms with Gasteiger partial charge in [0, 0.05) is 42.7 Å². The lowest BCUT2D eigenvalue weighted by Crippen LogP contribution is -2.61. The molecule has 0 radical (unpaired) electrons. The van der Waals surface area contributed by atoms with Crippen LogP contribution in [0.4, 0.5) is 9.59 Å². The van der Waals surface area contributed by atoms with Crippen molar-refractivity contribution in [3.8, 4) is 5.69 Å². The maximum atomic E-state index is 14.5. The number of hydrogen-bond acceptors (Lipinski definition) is 15. The molecule has 4 saturated heterocycles. The summed E-state index contributed by atoms with van der Waals surface area (Å²) < 4.78 is 70.1. The van der Waals surface area contributed by atoms with Gasteiger partial charge < -0.3 is 49.1 Å². The molecule has 5 heterocycles. The summed E-state index contributed by atoms with van der Waals surface area (Å²) in [5, 5.41) is 21.4. The second-order valence-electron chi connectivity index (χ2n) is 18.2. The number of hydrogen-bond donors (Lipinski definition) is 4. The van der Waals surface area contributed by atoms with Crippen molar-refractivity contribution >= 4 is 34.0 Å². The summed E-state index contributed by atoms with van der Waals surface area (Å²) in [6.07, 6.45) is -3.97. The molecule has 0 saturated carbocycles. The molecule has 63 heavy (non-hydrogen) atoms. The number of esters is 1. The van der Waals surface area contributed by atoms with Crippen molar-refractivity contribution < 1.29 is 61.1 Å². The summed E-state index contributed by atoms with van der Waals surface area (Å²) in [4.78, 5) is 57.8. The number of aromatic nitrogens is 2. The number of nitrogens with zero attached hydrogens (tertiary/aromatic N) is 3. The molecule has 4 fully saturated rings. The van der Waals surface area contributed by atoms with E-state index in [0.29, 0.717) is 12.1 Å². The standard InChI is InChI=1S/C43H64N6O13S/c1-11-32-43(8)36(46-41(54)62-43)25(4)33(50)23(2)20-42(7)37(60-39-34(51)31(48(9)10)19-24(3)58-39)26(5)35(27(6)38(52)59-32)57-22-28(21-44-40(53)61-42)47-63(55,56)30-15-13-29(14-16-30)49-18-12-17-45-49/h12-18,23-28,31-32,34-37,39,47,51H,11,19-22H2,1-10H3,(H,44,53)(H,46,54)/t23-,24-,25+,26+,27-,28?,31+,32-,34-,35+,36+,37-,39+,42-,43-/m1/s1. The zero-order chi connectivity index (χ0) is 46.2. The Labute approximate surface area is 369 Å². The number of ether oxygens (including phenoxy) is 6. The number of alkyl carbamates (subject to hydrolysis) is 2. The molecular formula is C43H64N6O13S. The van der Waals surface area contributed by atoms with E-state index in [-0.39, 0.29) is 48.8 Å². The smallest absolute Gasteiger partial charge is 0.408 e. The molecule has 350 valence electrons. The molecule has 1 aromatic heterocycles. The van der Waals surface area contributed by atoms with Crippen molar-refractivity contribution in [3.63, 3.8) is 0 Å². The third kappa shape index (κ3) is 10.2. The average Bonchev–Trinajstić information content (AvgIpc) is 3.88. The predicted molar refractivity (Wildman–Crippen MR) is 226 cm³/mol. The second kappa shape index (κ2) is 19.1. The Morgan fingerprint density at radius 2 is 1.71 bits per heavy atom. The Kier molecular flexibility index (Phi) is 14.6. The van der Waals surface area contributed by atoms with Crippen LogP contribution in [0.1, 0.15) is 74.7 Å². The number of benzene rings is 1. The fraction of sp³-hybridized carbons (Fsp3) is 0.698. The Morgan fingerprint density at radius 1 is 1.02 bits per heavy atom. The fourth-order valence-electron chi connectivity index (χ4n) is 9.83. The zero-order valence-corrected chi connectivity index (χ0v) is 38.5. The first-order valence-corrected chi connectivity index (χ1v) is 23.2. The van der Waals surface area contributed by atoms with Gasteiger partial charge >= 0.3 is 18.2 Å². The maximum Gasteiger partial charge on any atom is 0.408 e. The molecule has 2 amide bonds. The number of likely N-dealkylation sites (N-methyl/N-ethyl adjacent to an activating group) is 1. The number of fused-ring (bicyclic) bond motifs is 4. The van der Waals surface area contributed by atoms with Crippen molar-refractivity contribution in [2.75, 3.05) is 27.2 Å². The highest BCUT2D eigenvalue weighted by Gasteiger charge is 2.58. The van der Waals surface area contributed by atoms with Crippen molar-refractivity contribution in [2.45, 2.75) is 146 Å². The molecule has 20 heteroatoms. The van der Waals surface area contributed by atoms with Crippen molar-refractivity contribution in [3.05, 3.63) is 42.7 Å². The summed E-state index contributed by atoms with van der Waals surface area (Å²) in [7, 11) is -0.568. The second-order valence-corrected chi connectivity index (χ2v) is 20.0. The van der Waals surface area contributed by atoms with E-state index in [1.807, 2.05) is 25.9 Å². The molecule has 6 rings (SSSR count). The highest BCUT2D eigenvalue weighted by molar-refractivity contribution is 7.89. The Morgan fingerprint density at radius 3 is 2.35 bits per heavy atom. The van der Waals surface area contributed by atoms with Crippen LogP contribution >= 0.6 is 0 Å². The SMILES string of the molecule is CC[C@H]1OC(=O)[C@H](C)[C@H]2OCC(NS(=O)(=O)c3ccc(-n4cccn4)cc3)CNC(=O)O[C@](C)(C[C@@H](C)C(=O)[C@H](C)[C@@H]3NC(=O)O[C@]13C)[C@H](O[C@@H]1O[C@H](C)C[C@H](N(C)C)[C@H]1O)[C@H]2C. The number of cyclic esters (lactones) is 1. The van der Waals surface area contributed by atoms with Crippen molar-refractivity contribution in [2.24, 2.45) is 23.7 Å². The summed E-state index contributed by atoms with van der Waals surface area (Å²) in [5.74, 6) is -4.74. The van der Waals surface area contributed by atoms with Gasteiger partial charge in [-0.3, -0.25) is 9.59 Å². The number of rotatable bonds is 8. The van der Waals surface area contributed by atoms with Crippen LogP contribution < -0.4 is 15.4 Å². The molecule has 1 aromatic carbocycles. The molecule has 4 aliphatic rings. The lowest BCUT2D eigenvalue weighted by atomic mass is 9.73. The van der Waals surface area contributed by atoms with Gasteiger partial charge in [0.25, 0.3) is 0 Å². The van der Waals surface area contributed by atoms with Crippen LogP contribution in [0, 0.1) is 23.7 Å². The van der Waals surface area contributed by atoms with Crippen molar-refractivity contribution in [1.29, 1.82) is 0 Å². The maximum absolute atomic E-state index is 14.5. The van der Waals surface area contributed by atoms with Crippen LogP contribution in [0.3, 0.4) is 0 Å². The molecule has 0 aliphatic carbocycles. The van der Waals surface area contributed by atoms with Crippen LogP contribution in [0.25, 0.3) is 5.69 Å². The van der Waals surface area contributed by atoms with Crippen LogP contribution in [-0.4, -0.2) is 146 Å². The molecule has 4 aliphatic heterocycles. The van der Waals surface area contributed by atoms with E-state index in [1.165, 1.54) is 12.1 Å². The number of carbonyl (C=O) groups excluding carboxylic acids is 4. The van der Waals surface area contributed by atoms with Crippen LogP contribution in [-0.2, 0) is 48.0 Å². The summed E-state index contributed by atoms with van der Waals surface area (Å²) >= 11 is 0. The molecular weight excluding hydrogens is 841 g/mol. The zero-order valence-electron chi connectivity index (χ0n) is 37.7. The van der Waals surface area contributed by atoms with Gasteiger partial charge in [0.2, 0.25) is 10.0 Å². The summed E-state index contributed by atoms with van der Waals surface area (Å²) in [5.41, 5.74) is -2.52. The van der Waals surface area contributed by atoms with Gasteiger partial charge in [-0.15, -0.1) is 0 Å². The number of aliphatic hydroxyl groups excluding tert-OH is 1. The number of carbonyl (C=O) groups is 4. The summed E-state index contributed by atoms with van der Waals surface area (Å²) in [6, 6.07) is 5.40. The van der Waals surface area contributed by atoms with E-state index in [4.69, 9.17) is 28.4 Å². The first-order chi connectivity index (χ1) is 29.6. The number of nitrogens with one attached hydrogen (secondary N) is 3. The molecule has 2 aromatic rings. The van der Waals surface area contributed by atoms with Gasteiger partial charge in [-0.25, -0.2) is 27.4 Å². The van der Waals surface area contributed by atoms with Crippen LogP contribution in [0.15, 0.2) is 47.6 Å². The number of sulfonamides is 1. The monoisotopic (exact) mass is 904 g/mol. The average molecular weight is 905 g/mol. The number of aliphatic hydroxyl groups is 1. The van der Waals surface area contributed by atoms with Gasteiger partial charge in [-0.2, -0.15) is 5.10 Å². The quantitative estimate of drug-likeness (QED) is 0.220. The van der Waals surface area contributed by atoms with Gasteiger partial charge in [0.05, 0.1) is 47.4 Å². The van der Waals surface area contributed by atoms with Crippen molar-refractivity contribution in [1.82, 2.24) is 30.0 Å². The fourth-order valence-corrected chi connectivity index (χ4v) is 11.0. The third-order valence-electron chi connectivity index (χ3n) is 13.2. The predicted octanol–water partition coefficient (Wildman–Crippen LogP) is 2.92. The van der Waals surface area contributed by atoms with Gasteiger partial charge in [0.1, 0.15) is 29.7 Å². The molecule has 4 N–H and O–H groups in total. The van der Waals surface area contributed by atoms with E-state index in [2.05, 4.69) is 20.5 Å². The van der Waals surface area contributed by atoms with Gasteiger partial charge in [0.15, 0.2) is 11.9 Å². The number of Topliss-reactive ketones (excluding diaryl/α,β-unsaturated/α-hetero) is 1. The molecule has 0 spiro atoms. The van der Waals surface area contributed by atoms with E-state index < -0.39 is 106 Å². The first kappa shape index (κ1) is 48.3. The highest BCUT2D eigenvalue weighted by Crippen LogP contribution is 2.42. The van der Waals surface area contributed by atoms with E-state index >= 15 is 0 Å². The van der Waals surface area contributed by atoms with Gasteiger partial charge in [-0.1, -0.05) is 27.7 Å². The third-order valence-corrected chi connectivity index (χ3v) is 14.7. The minimum absolute atomic E-state index is 0.0626. The van der Waals surface area contributed by atoms with E-state index in [1.54, 1.807) is 83.7 Å². The molecule has 1 unspecified atom stereocenters. The lowest BCUT2D eigenvalue weighted by molar-refractivity contribution is -0.299. The minimum atomic E-state index is -4.23. The van der Waals surface area contributed by atoms with E-state index in [9.17, 15) is 32.7 Å². The number of ketones is 1. The first-order valence-electron chi connectivity index (χ1n) is 21.7. The summed E-state index contributed by atoms with van der Waals surface area (Å²) in [6.45, 7) is 12.9. The number of amides is 2. The van der Waals surface area contributed by atoms with Gasteiger partial charge in [-0.05, 0) is 91.4 Å². The highest BCUT2D eigenvalue weighted by atomic mass is 32.2. The molecule has 15 atom stereocenters. The lowest BCUT2D eigenvalue weighted by Gasteiger charge is -2.48.